The van der Waals surface area contributed by atoms with Crippen LogP contribution in [0.5, 0.6) is 5.75 Å². The second-order valence-corrected chi connectivity index (χ2v) is 8.06. The third-order valence-corrected chi connectivity index (χ3v) is 5.25. The minimum atomic E-state index is -0.214. The second-order valence-electron chi connectivity index (χ2n) is 6.11. The van der Waals surface area contributed by atoms with E-state index in [-0.39, 0.29) is 12.5 Å². The Balaban J connectivity index is 1.68. The lowest BCUT2D eigenvalue weighted by Gasteiger charge is -2.14. The number of aryl methyl sites for hydroxylation is 1. The molecule has 0 unspecified atom stereocenters. The van der Waals surface area contributed by atoms with E-state index in [4.69, 9.17) is 4.74 Å². The van der Waals surface area contributed by atoms with Gasteiger partial charge >= 0.3 is 0 Å². The summed E-state index contributed by atoms with van der Waals surface area (Å²) in [6.07, 6.45) is 0. The third kappa shape index (κ3) is 4.19. The van der Waals surface area contributed by atoms with E-state index >= 15 is 0 Å². The molecule has 25 heavy (non-hydrogen) atoms. The van der Waals surface area contributed by atoms with Gasteiger partial charge in [0.2, 0.25) is 0 Å². The molecule has 0 saturated heterocycles. The lowest BCUT2D eigenvalue weighted by atomic mass is 10.0. The first-order chi connectivity index (χ1) is 11.9. The van der Waals surface area contributed by atoms with Crippen molar-refractivity contribution < 1.29 is 9.53 Å². The van der Waals surface area contributed by atoms with Crippen LogP contribution < -0.4 is 10.1 Å². The predicted molar refractivity (Wildman–Crippen MR) is 107 cm³/mol. The van der Waals surface area contributed by atoms with E-state index in [9.17, 15) is 4.79 Å². The molecular weight excluding hydrogens is 400 g/mol. The maximum Gasteiger partial charge on any atom is 0.264 e. The third-order valence-electron chi connectivity index (χ3n) is 3.82. The van der Waals surface area contributed by atoms with E-state index in [1.807, 2.05) is 43.3 Å². The van der Waals surface area contributed by atoms with E-state index in [0.717, 1.165) is 31.6 Å². The number of amides is 1. The van der Waals surface area contributed by atoms with Crippen LogP contribution in [0.1, 0.15) is 30.9 Å². The summed E-state index contributed by atoms with van der Waals surface area (Å²) < 4.78 is 7.79. The summed E-state index contributed by atoms with van der Waals surface area (Å²) in [4.78, 5) is 16.7. The molecule has 1 aromatic heterocycles. The van der Waals surface area contributed by atoms with Crippen molar-refractivity contribution in [2.24, 2.45) is 0 Å². The Bertz CT molecular complexity index is 921. The highest BCUT2D eigenvalue weighted by atomic mass is 79.9. The lowest BCUT2D eigenvalue weighted by Crippen LogP contribution is -2.20. The number of halogens is 1. The van der Waals surface area contributed by atoms with Crippen molar-refractivity contribution in [1.29, 1.82) is 0 Å². The smallest absolute Gasteiger partial charge is 0.264 e. The molecule has 1 N–H and O–H groups in total. The van der Waals surface area contributed by atoms with Crippen LogP contribution in [-0.4, -0.2) is 17.5 Å². The van der Waals surface area contributed by atoms with Gasteiger partial charge in [0.05, 0.1) is 10.2 Å². The van der Waals surface area contributed by atoms with Gasteiger partial charge in [0.25, 0.3) is 5.91 Å². The molecule has 4 nitrogen and oxygen atoms in total. The zero-order valence-electron chi connectivity index (χ0n) is 14.3. The van der Waals surface area contributed by atoms with Gasteiger partial charge in [0.1, 0.15) is 5.75 Å². The number of hydrogen-bond donors (Lipinski definition) is 1. The molecule has 3 aromatic rings. The van der Waals surface area contributed by atoms with E-state index in [1.54, 1.807) is 0 Å². The zero-order chi connectivity index (χ0) is 18.0. The van der Waals surface area contributed by atoms with Crippen molar-refractivity contribution >= 4 is 48.5 Å². The first kappa shape index (κ1) is 17.9. The Morgan fingerprint density at radius 2 is 2.12 bits per heavy atom. The number of thiazole rings is 1. The number of anilines is 1. The first-order valence-corrected chi connectivity index (χ1v) is 9.63. The summed E-state index contributed by atoms with van der Waals surface area (Å²) in [5, 5.41) is 3.42. The van der Waals surface area contributed by atoms with Crippen LogP contribution in [0, 0.1) is 6.92 Å². The van der Waals surface area contributed by atoms with Crippen LogP contribution in [0.15, 0.2) is 40.9 Å². The number of hydrogen-bond acceptors (Lipinski definition) is 4. The summed E-state index contributed by atoms with van der Waals surface area (Å²) in [5.41, 5.74) is 3.10. The number of fused-ring (bicyclic) bond motifs is 1. The topological polar surface area (TPSA) is 51.2 Å². The Kier molecular flexibility index (Phi) is 5.39. The van der Waals surface area contributed by atoms with E-state index in [1.165, 1.54) is 11.3 Å². The van der Waals surface area contributed by atoms with Gasteiger partial charge in [-0.1, -0.05) is 53.2 Å². The number of para-hydroxylation sites is 1. The molecule has 0 aliphatic heterocycles. The molecule has 0 aliphatic rings. The van der Waals surface area contributed by atoms with Crippen molar-refractivity contribution in [2.45, 2.75) is 26.7 Å². The van der Waals surface area contributed by atoms with Crippen molar-refractivity contribution in [2.75, 3.05) is 11.9 Å². The van der Waals surface area contributed by atoms with Gasteiger partial charge in [-0.25, -0.2) is 4.98 Å². The summed E-state index contributed by atoms with van der Waals surface area (Å²) in [6.45, 7) is 6.16. The Hall–Kier alpha value is -1.92. The monoisotopic (exact) mass is 418 g/mol. The van der Waals surface area contributed by atoms with Gasteiger partial charge in [-0.3, -0.25) is 10.1 Å². The average molecular weight is 419 g/mol. The molecule has 1 amide bonds. The maximum atomic E-state index is 12.2. The largest absolute Gasteiger partial charge is 0.483 e. The molecule has 0 aliphatic carbocycles. The van der Waals surface area contributed by atoms with Crippen LogP contribution in [-0.2, 0) is 4.79 Å². The SMILES string of the molecule is Cc1cccc2sc(NC(=O)COc3ccc(Br)cc3C(C)C)nc12. The van der Waals surface area contributed by atoms with Crippen molar-refractivity contribution in [1.82, 2.24) is 4.98 Å². The van der Waals surface area contributed by atoms with Crippen molar-refractivity contribution in [3.05, 3.63) is 52.0 Å². The number of nitrogens with zero attached hydrogens (tertiary/aromatic N) is 1. The fourth-order valence-electron chi connectivity index (χ4n) is 2.54. The molecule has 130 valence electrons. The van der Waals surface area contributed by atoms with Gasteiger partial charge in [-0.05, 0) is 48.2 Å². The molecule has 0 atom stereocenters. The van der Waals surface area contributed by atoms with Gasteiger partial charge in [-0.15, -0.1) is 0 Å². The number of carbonyl (C=O) groups is 1. The number of benzene rings is 2. The van der Waals surface area contributed by atoms with Crippen LogP contribution in [0.3, 0.4) is 0 Å². The minimum absolute atomic E-state index is 0.0454. The fraction of sp³-hybridized carbons (Fsp3) is 0.263. The Labute approximate surface area is 159 Å². The van der Waals surface area contributed by atoms with Gasteiger partial charge in [-0.2, -0.15) is 0 Å². The Morgan fingerprint density at radius 1 is 1.32 bits per heavy atom. The molecule has 0 radical (unpaired) electrons. The molecular formula is C19H19BrN2O2S. The minimum Gasteiger partial charge on any atom is -0.483 e. The highest BCUT2D eigenvalue weighted by molar-refractivity contribution is 9.10. The number of ether oxygens (including phenoxy) is 1. The standard InChI is InChI=1S/C19H19BrN2O2S/c1-11(2)14-9-13(20)7-8-15(14)24-10-17(23)21-19-22-18-12(3)5-4-6-16(18)25-19/h4-9,11H,10H2,1-3H3,(H,21,22,23). The van der Waals surface area contributed by atoms with Crippen LogP contribution in [0.25, 0.3) is 10.2 Å². The second kappa shape index (κ2) is 7.54. The summed E-state index contributed by atoms with van der Waals surface area (Å²) in [5.74, 6) is 0.825. The molecule has 0 spiro atoms. The molecule has 1 heterocycles. The predicted octanol–water partition coefficient (Wildman–Crippen LogP) is 5.51. The quantitative estimate of drug-likeness (QED) is 0.594. The number of rotatable bonds is 5. The fourth-order valence-corrected chi connectivity index (χ4v) is 3.88. The Morgan fingerprint density at radius 3 is 2.84 bits per heavy atom. The van der Waals surface area contributed by atoms with Crippen molar-refractivity contribution in [3.63, 3.8) is 0 Å². The number of carbonyl (C=O) groups excluding carboxylic acids is 1. The van der Waals surface area contributed by atoms with Crippen LogP contribution in [0.2, 0.25) is 0 Å². The molecule has 0 bridgehead atoms. The summed E-state index contributed by atoms with van der Waals surface area (Å²) in [6, 6.07) is 11.8. The van der Waals surface area contributed by atoms with E-state index in [2.05, 4.69) is 40.1 Å². The number of nitrogens with one attached hydrogen (secondary N) is 1. The van der Waals surface area contributed by atoms with E-state index < -0.39 is 0 Å². The molecule has 6 heteroatoms. The first-order valence-electron chi connectivity index (χ1n) is 8.02. The summed E-state index contributed by atoms with van der Waals surface area (Å²) in [7, 11) is 0. The summed E-state index contributed by atoms with van der Waals surface area (Å²) >= 11 is 4.94. The van der Waals surface area contributed by atoms with Crippen LogP contribution >= 0.6 is 27.3 Å². The number of aromatic nitrogens is 1. The lowest BCUT2D eigenvalue weighted by molar-refractivity contribution is -0.118. The average Bonchev–Trinajstić information content (AvgIpc) is 2.97. The normalized spacial score (nSPS) is 11.1. The zero-order valence-corrected chi connectivity index (χ0v) is 16.7. The van der Waals surface area contributed by atoms with E-state index in [0.29, 0.717) is 11.0 Å². The molecule has 0 saturated carbocycles. The highest BCUT2D eigenvalue weighted by Gasteiger charge is 2.12. The van der Waals surface area contributed by atoms with Gasteiger partial charge in [0.15, 0.2) is 11.7 Å². The van der Waals surface area contributed by atoms with Gasteiger partial charge < -0.3 is 4.74 Å². The molecule has 3 rings (SSSR count). The molecule has 2 aromatic carbocycles. The molecule has 0 fully saturated rings. The maximum absolute atomic E-state index is 12.2. The van der Waals surface area contributed by atoms with Gasteiger partial charge in [0, 0.05) is 4.47 Å². The van der Waals surface area contributed by atoms with Crippen molar-refractivity contribution in [3.8, 4) is 5.75 Å². The van der Waals surface area contributed by atoms with Crippen LogP contribution in [0.4, 0.5) is 5.13 Å². The highest BCUT2D eigenvalue weighted by Crippen LogP contribution is 2.30.